The topological polar surface area (TPSA) is 372 Å². The van der Waals surface area contributed by atoms with Crippen molar-refractivity contribution in [2.45, 2.75) is 440 Å². The Morgan fingerprint density at radius 3 is 1.45 bits per heavy atom. The Morgan fingerprint density at radius 2 is 1.08 bits per heavy atom. The third-order valence-electron chi connectivity index (χ3n) is 23.2. The molecule has 5 saturated heterocycles. The van der Waals surface area contributed by atoms with Crippen LogP contribution in [0.25, 0.3) is 0 Å². The van der Waals surface area contributed by atoms with Gasteiger partial charge in [0.05, 0.1) is 57.1 Å². The van der Waals surface area contributed by atoms with Crippen molar-refractivity contribution in [3.05, 3.63) is 60.2 Å². The fraction of sp³-hybridized carbons (Fsp3) is 0.882. The number of hydrogen-bond acceptors (Lipinski definition) is 18. The quantitative estimate of drug-likeness (QED) is 0.0350. The number of aliphatic hydroxyl groups excluding tert-OH is 3. The number of carbonyl (C=O) groups excluding carboxylic acids is 3. The third kappa shape index (κ3) is 86.7. The molecule has 792 valence electrons. The Morgan fingerprint density at radius 1 is 0.552 bits per heavy atom. The number of aromatic nitrogens is 5. The normalized spacial score (nSPS) is 20.2. The van der Waals surface area contributed by atoms with Gasteiger partial charge in [-0.15, -0.1) is 0 Å². The Bertz CT molecular complexity index is 3140. The second-order valence-corrected chi connectivity index (χ2v) is 52.8. The van der Waals surface area contributed by atoms with Gasteiger partial charge in [-0.05, 0) is 269 Å². The fourth-order valence-electron chi connectivity index (χ4n) is 14.9. The minimum Gasteiger partial charge on any atom is -0.395 e. The van der Waals surface area contributed by atoms with E-state index in [4.69, 9.17) is 27.0 Å². The number of nitrogens with one attached hydrogen (secondary N) is 11. The molecule has 24 nitrogen and oxygen atoms in total. The summed E-state index contributed by atoms with van der Waals surface area (Å²) in [4.78, 5) is 46.1. The molecule has 0 aromatic carbocycles. The van der Waals surface area contributed by atoms with E-state index >= 15 is 0 Å². The number of carbonyl (C=O) groups is 3. The van der Waals surface area contributed by atoms with Crippen molar-refractivity contribution < 1.29 is 34.4 Å². The van der Waals surface area contributed by atoms with Crippen LogP contribution in [0.4, 0.5) is 0 Å². The van der Waals surface area contributed by atoms with Crippen molar-refractivity contribution in [2.75, 3.05) is 105 Å². The van der Waals surface area contributed by atoms with E-state index in [9.17, 15) is 24.6 Å². The average molecular weight is 1900 g/mol. The van der Waals surface area contributed by atoms with Crippen LogP contribution in [0.1, 0.15) is 389 Å². The summed E-state index contributed by atoms with van der Waals surface area (Å²) in [5.41, 5.74) is 24.4. The van der Waals surface area contributed by atoms with Gasteiger partial charge in [0.15, 0.2) is 0 Å². The van der Waals surface area contributed by atoms with E-state index in [1.807, 2.05) is 38.6 Å². The molecule has 134 heavy (non-hydrogen) atoms. The second kappa shape index (κ2) is 67.9. The van der Waals surface area contributed by atoms with Crippen molar-refractivity contribution >= 4 is 17.7 Å². The lowest BCUT2D eigenvalue weighted by atomic mass is 9.79. The maximum Gasteiger partial charge on any atom is 0.239 e. The number of β-amino-alcohol motifs (C(OH)–C–C–N with tert-alkyl or cyclic N) is 1. The van der Waals surface area contributed by atoms with Gasteiger partial charge in [-0.1, -0.05) is 263 Å². The first kappa shape index (κ1) is 134. The van der Waals surface area contributed by atoms with Crippen molar-refractivity contribution in [1.82, 2.24) is 72.6 Å². The average Bonchev–Trinajstić information content (AvgIpc) is 1.68. The third-order valence-corrected chi connectivity index (χ3v) is 23.2. The minimum atomic E-state index is -0.792. The van der Waals surface area contributed by atoms with Gasteiger partial charge >= 0.3 is 0 Å². The van der Waals surface area contributed by atoms with Crippen molar-refractivity contribution in [1.29, 1.82) is 0 Å². The van der Waals surface area contributed by atoms with E-state index in [0.29, 0.717) is 87.6 Å². The highest BCUT2D eigenvalue weighted by Gasteiger charge is 2.33. The van der Waals surface area contributed by atoms with Crippen LogP contribution in [0.5, 0.6) is 0 Å². The predicted octanol–water partition coefficient (Wildman–Crippen LogP) is 19.5. The second-order valence-electron chi connectivity index (χ2n) is 52.8. The lowest BCUT2D eigenvalue weighted by Gasteiger charge is -2.35. The molecule has 3 aromatic heterocycles. The standard InChI is InChI=1S/C13H27NO.C11H24N2O.2C10H21N.C9H20N2O2.C9H20N2O.2C9H19NO.C9H15N.2C8H14N2.C5H11N/c1-13(2,3)8-6-10-14-9-5-4-7-12(14)11-15;1-8(2)9(12)10(14)13-7-6-11(3,4)5;1-10(2,3)7-4-8-11-9-5-6-9;1-5-9-6-8(7-11-9)10(2,3)4;1-9(2,3)4-5-11-8(13)7(10)6-12;1-7(10)8(12)11-6-5-9(2,3)4;1-9(2,3)4-7-5-10-6-8(7)11;1-9(2,3)6-8-7-11-5-4-10-8;1-9(2,3)6-8-4-5-10-7-8;1-8(2,3)4-7-5-9-6-10-7;1-8(2,3)4-7-5-9-10-6-7;1-5-2-3-6-4-5/h12,15H,4-11H2,1-3H3;8-9H,6-7,12H2,1-5H3,(H,13,14);9,11H,4-8H2,1-3H3;8-9,11H,5-7H2,1-4H3;7,12H,4-6,10H2,1-3H3,(H,11,13);7H,5-6,10H2,1-4H3,(H,11,12);7-8,10-11H,4-6H2,1-3H3;8,10H,4-7H2,1-3H3;4-5,7,10H,6H2,1-3H3;2*5-6H,4H2,1-3H3,(H,9,10);5-6H,2-4H2,1H3/t;;;;;;;;;;;5-/m...........0/s1. The fourth-order valence-corrected chi connectivity index (χ4v) is 14.9. The molecule has 6 aliphatic rings. The van der Waals surface area contributed by atoms with Crippen LogP contribution in [0.15, 0.2) is 43.4 Å². The summed E-state index contributed by atoms with van der Waals surface area (Å²) >= 11 is 0. The number of ether oxygens (including phenoxy) is 1. The lowest BCUT2D eigenvalue weighted by molar-refractivity contribution is -0.124. The Hall–Kier alpha value is -4.41. The summed E-state index contributed by atoms with van der Waals surface area (Å²) in [7, 11) is 0. The molecule has 1 saturated carbocycles. The molecule has 3 amide bonds. The number of nitrogens with zero attached hydrogens (tertiary/aromatic N) is 3. The SMILES string of the molecule is CC(C)(C)CC1CNCC1O.CC(C)(C)CC1COCCN1.CC(C)(C)CCCN1CCCCC1CO.CC(C)(C)CCCNC1CC1.CC(C)(C)CCNC(=O)C(N)CO.CC(C)(C)Cc1cc[nH]c1.CC(C)(C)Cc1cn[nH]c1.CC(C)(C)Cc1cnc[nH]1.CC(C)C(N)C(=O)NCCC(C)(C)C.CC(N)C(=O)NCCC(C)(C)C.CCC1CC(C(C)(C)C)CN1.C[C@H]1CCNC1. The first-order valence-electron chi connectivity index (χ1n) is 52.3. The molecule has 9 rings (SSSR count). The van der Waals surface area contributed by atoms with Crippen LogP contribution < -0.4 is 59.7 Å². The Labute approximate surface area is 825 Å². The Balaban J connectivity index is -0.00000140. The van der Waals surface area contributed by atoms with Crippen LogP contribution >= 0.6 is 0 Å². The smallest absolute Gasteiger partial charge is 0.239 e. The first-order chi connectivity index (χ1) is 61.3. The van der Waals surface area contributed by atoms with Crippen molar-refractivity contribution in [3.8, 4) is 0 Å². The van der Waals surface area contributed by atoms with E-state index in [1.165, 1.54) is 140 Å². The summed E-state index contributed by atoms with van der Waals surface area (Å²) in [6.07, 6.45) is 35.7. The van der Waals surface area contributed by atoms with E-state index in [0.717, 1.165) is 102 Å². The molecule has 8 heterocycles. The number of amides is 3. The molecular weight excluding hydrogens is 1670 g/mol. The van der Waals surface area contributed by atoms with Crippen LogP contribution in [0.2, 0.25) is 0 Å². The highest BCUT2D eigenvalue weighted by Crippen LogP contribution is 2.34. The van der Waals surface area contributed by atoms with E-state index in [1.54, 1.807) is 13.3 Å². The van der Waals surface area contributed by atoms with Gasteiger partial charge in [-0.25, -0.2) is 4.98 Å². The summed E-state index contributed by atoms with van der Waals surface area (Å²) in [5, 5.41) is 59.3. The summed E-state index contributed by atoms with van der Waals surface area (Å²) in [5.74, 6) is 2.09. The summed E-state index contributed by atoms with van der Waals surface area (Å²) < 4.78 is 5.37. The van der Waals surface area contributed by atoms with E-state index < -0.39 is 12.1 Å². The molecule has 20 N–H and O–H groups in total. The number of hydrogen-bond donors (Lipinski definition) is 17. The number of aromatic amines is 3. The minimum absolute atomic E-state index is 0.0377. The highest BCUT2D eigenvalue weighted by molar-refractivity contribution is 5.82. The summed E-state index contributed by atoms with van der Waals surface area (Å²) in [6.45, 7) is 97.6. The number of likely N-dealkylation sites (tertiary alicyclic amines) is 1. The zero-order valence-electron chi connectivity index (χ0n) is 94.5. The molecule has 0 spiro atoms. The first-order valence-corrected chi connectivity index (χ1v) is 52.3. The predicted molar refractivity (Wildman–Crippen MR) is 574 cm³/mol. The molecule has 0 radical (unpaired) electrons. The van der Waals surface area contributed by atoms with Gasteiger partial charge < -0.3 is 89.8 Å². The Kier molecular flexibility index (Phi) is 67.8. The van der Waals surface area contributed by atoms with Gasteiger partial charge in [-0.2, -0.15) is 5.10 Å². The van der Waals surface area contributed by atoms with E-state index in [-0.39, 0.29) is 58.6 Å². The van der Waals surface area contributed by atoms with E-state index in [2.05, 4.69) is 327 Å². The molecular formula is C110H225N17O7. The maximum atomic E-state index is 11.4. The number of aliphatic hydroxyl groups is 3. The largest absolute Gasteiger partial charge is 0.395 e. The summed E-state index contributed by atoms with van der Waals surface area (Å²) in [6, 6.07) is 3.25. The van der Waals surface area contributed by atoms with Crippen LogP contribution in [-0.2, 0) is 38.4 Å². The van der Waals surface area contributed by atoms with Gasteiger partial charge in [-0.3, -0.25) is 24.4 Å². The van der Waals surface area contributed by atoms with Crippen molar-refractivity contribution in [2.24, 2.45) is 100 Å². The zero-order valence-corrected chi connectivity index (χ0v) is 94.5. The van der Waals surface area contributed by atoms with Crippen LogP contribution in [-0.4, -0.2) is 216 Å². The molecule has 1 aliphatic carbocycles. The number of morpholine rings is 1. The number of piperidine rings is 1. The molecule has 5 aliphatic heterocycles. The highest BCUT2D eigenvalue weighted by atomic mass is 16.5. The van der Waals surface area contributed by atoms with Gasteiger partial charge in [0.1, 0.15) is 6.04 Å². The maximum absolute atomic E-state index is 11.4. The molecule has 10 atom stereocenters. The number of H-pyrrole nitrogens is 3. The monoisotopic (exact) mass is 1900 g/mol. The van der Waals surface area contributed by atoms with Crippen molar-refractivity contribution in [3.63, 3.8) is 0 Å². The lowest BCUT2D eigenvalue weighted by Crippen LogP contribution is -2.44. The van der Waals surface area contributed by atoms with Crippen LogP contribution in [0, 0.1) is 83.2 Å². The molecule has 3 aromatic rings. The molecule has 9 unspecified atom stereocenters. The van der Waals surface area contributed by atoms with Crippen LogP contribution in [0.3, 0.4) is 0 Å². The number of nitrogens with two attached hydrogens (primary N) is 3. The number of rotatable bonds is 25. The van der Waals surface area contributed by atoms with Gasteiger partial charge in [0.2, 0.25) is 17.7 Å². The van der Waals surface area contributed by atoms with Gasteiger partial charge in [0.25, 0.3) is 0 Å². The molecule has 24 heteroatoms. The molecule has 0 bridgehead atoms. The number of imidazole rings is 1. The zero-order chi connectivity index (χ0) is 104. The molecule has 6 fully saturated rings. The van der Waals surface area contributed by atoms with Gasteiger partial charge in [0, 0.05) is 93.9 Å².